The van der Waals surface area contributed by atoms with E-state index in [1.54, 1.807) is 16.2 Å². The molecular formula is C30H35FN2O3S. The molecule has 0 radical (unpaired) electrons. The summed E-state index contributed by atoms with van der Waals surface area (Å²) in [5.41, 5.74) is 2.74. The third-order valence-electron chi connectivity index (χ3n) is 7.15. The van der Waals surface area contributed by atoms with Crippen LogP contribution in [0.15, 0.2) is 60.0 Å². The summed E-state index contributed by atoms with van der Waals surface area (Å²) in [5.74, 6) is 0.432. The number of hydrogen-bond donors (Lipinski definition) is 0. The molecule has 0 spiro atoms. The van der Waals surface area contributed by atoms with E-state index in [4.69, 9.17) is 4.74 Å². The van der Waals surface area contributed by atoms with Crippen LogP contribution in [0.25, 0.3) is 0 Å². The minimum Gasteiger partial charge on any atom is -0.491 e. The fourth-order valence-corrected chi connectivity index (χ4v) is 5.57. The molecule has 2 atom stereocenters. The van der Waals surface area contributed by atoms with E-state index in [1.165, 1.54) is 34.7 Å². The summed E-state index contributed by atoms with van der Waals surface area (Å²) in [4.78, 5) is 31.7. The van der Waals surface area contributed by atoms with E-state index in [9.17, 15) is 14.0 Å². The first kappa shape index (κ1) is 26.9. The average Bonchev–Trinajstić information content (AvgIpc) is 3.39. The number of amides is 2. The second-order valence-electron chi connectivity index (χ2n) is 9.88. The molecule has 0 N–H and O–H groups in total. The summed E-state index contributed by atoms with van der Waals surface area (Å²) in [6.45, 7) is 9.11. The molecule has 2 heterocycles. The summed E-state index contributed by atoms with van der Waals surface area (Å²) in [6.07, 6.45) is 1.49. The molecule has 5 nitrogen and oxygen atoms in total. The normalized spacial score (nSPS) is 15.8. The quantitative estimate of drug-likeness (QED) is 0.324. The van der Waals surface area contributed by atoms with Crippen molar-refractivity contribution in [2.75, 3.05) is 19.7 Å². The van der Waals surface area contributed by atoms with E-state index in [1.807, 2.05) is 30.9 Å². The van der Waals surface area contributed by atoms with Crippen LogP contribution < -0.4 is 4.74 Å². The maximum absolute atomic E-state index is 13.7. The van der Waals surface area contributed by atoms with Crippen molar-refractivity contribution in [3.05, 3.63) is 87.4 Å². The van der Waals surface area contributed by atoms with Crippen LogP contribution in [0.2, 0.25) is 0 Å². The predicted molar refractivity (Wildman–Crippen MR) is 146 cm³/mol. The van der Waals surface area contributed by atoms with Crippen LogP contribution in [-0.4, -0.2) is 47.4 Å². The molecule has 37 heavy (non-hydrogen) atoms. The Hall–Kier alpha value is -3.19. The minimum atomic E-state index is -0.399. The van der Waals surface area contributed by atoms with Crippen LogP contribution in [0.4, 0.5) is 4.39 Å². The van der Waals surface area contributed by atoms with Crippen molar-refractivity contribution in [2.24, 2.45) is 0 Å². The number of ether oxygens (including phenoxy) is 1. The minimum absolute atomic E-state index is 0.0374. The van der Waals surface area contributed by atoms with Gasteiger partial charge in [-0.2, -0.15) is 0 Å². The Labute approximate surface area is 222 Å². The Morgan fingerprint density at radius 2 is 1.78 bits per heavy atom. The van der Waals surface area contributed by atoms with Gasteiger partial charge in [-0.15, -0.1) is 11.3 Å². The van der Waals surface area contributed by atoms with Crippen molar-refractivity contribution in [1.29, 1.82) is 0 Å². The zero-order valence-corrected chi connectivity index (χ0v) is 22.8. The fraction of sp³-hybridized carbons (Fsp3) is 0.400. The summed E-state index contributed by atoms with van der Waals surface area (Å²) >= 11 is 1.71. The van der Waals surface area contributed by atoms with Gasteiger partial charge in [-0.1, -0.05) is 32.9 Å². The van der Waals surface area contributed by atoms with Gasteiger partial charge in [0, 0.05) is 23.0 Å². The summed E-state index contributed by atoms with van der Waals surface area (Å²) < 4.78 is 19.6. The molecule has 2 amide bonds. The van der Waals surface area contributed by atoms with Crippen LogP contribution in [0.3, 0.4) is 0 Å². The third-order valence-corrected chi connectivity index (χ3v) is 8.15. The first-order valence-electron chi connectivity index (χ1n) is 12.9. The second kappa shape index (κ2) is 11.9. The molecule has 2 aromatic carbocycles. The SMILES string of the molecule is CC[C@@H](C)N(CC(=O)N1CCc2sccc2[C@H]1COc1ccc(C(C)C)cc1)C(=O)c1ccc(F)cc1. The Balaban J connectivity index is 1.52. The van der Waals surface area contributed by atoms with E-state index in [0.717, 1.165) is 17.7 Å². The topological polar surface area (TPSA) is 49.9 Å². The lowest BCUT2D eigenvalue weighted by atomic mass is 10.00. The maximum Gasteiger partial charge on any atom is 0.254 e. The number of hydrogen-bond acceptors (Lipinski definition) is 4. The molecule has 3 aromatic rings. The molecule has 0 fully saturated rings. The maximum atomic E-state index is 13.7. The number of halogens is 1. The average molecular weight is 523 g/mol. The molecule has 7 heteroatoms. The van der Waals surface area contributed by atoms with E-state index in [2.05, 4.69) is 37.4 Å². The lowest BCUT2D eigenvalue weighted by Gasteiger charge is -2.38. The number of fused-ring (bicyclic) bond motifs is 1. The van der Waals surface area contributed by atoms with Crippen molar-refractivity contribution in [2.45, 2.75) is 58.5 Å². The van der Waals surface area contributed by atoms with Crippen molar-refractivity contribution >= 4 is 23.2 Å². The fourth-order valence-electron chi connectivity index (χ4n) is 4.64. The third kappa shape index (κ3) is 6.21. The van der Waals surface area contributed by atoms with Crippen LogP contribution in [0.1, 0.15) is 72.4 Å². The molecule has 1 aliphatic heterocycles. The number of nitrogens with zero attached hydrogens (tertiary/aromatic N) is 2. The number of carbonyl (C=O) groups is 2. The highest BCUT2D eigenvalue weighted by atomic mass is 32.1. The lowest BCUT2D eigenvalue weighted by molar-refractivity contribution is -0.136. The Morgan fingerprint density at radius 3 is 2.43 bits per heavy atom. The van der Waals surface area contributed by atoms with Gasteiger partial charge in [0.2, 0.25) is 5.91 Å². The van der Waals surface area contributed by atoms with Crippen LogP contribution in [-0.2, 0) is 11.2 Å². The number of rotatable bonds is 9. The second-order valence-corrected chi connectivity index (χ2v) is 10.9. The Kier molecular flexibility index (Phi) is 8.64. The van der Waals surface area contributed by atoms with Crippen molar-refractivity contribution in [3.8, 4) is 5.75 Å². The summed E-state index contributed by atoms with van der Waals surface area (Å²) in [5, 5.41) is 2.06. The highest BCUT2D eigenvalue weighted by molar-refractivity contribution is 7.10. The van der Waals surface area contributed by atoms with E-state index >= 15 is 0 Å². The molecule has 0 saturated carbocycles. The molecule has 1 aromatic heterocycles. The molecule has 4 rings (SSSR count). The van der Waals surface area contributed by atoms with Crippen LogP contribution in [0.5, 0.6) is 5.75 Å². The molecule has 1 aliphatic rings. The Bertz CT molecular complexity index is 1210. The summed E-state index contributed by atoms with van der Waals surface area (Å²) in [6, 6.07) is 15.3. The van der Waals surface area contributed by atoms with Gasteiger partial charge in [0.25, 0.3) is 5.91 Å². The van der Waals surface area contributed by atoms with Crippen molar-refractivity contribution in [3.63, 3.8) is 0 Å². The van der Waals surface area contributed by atoms with Gasteiger partial charge in [-0.05, 0) is 84.7 Å². The van der Waals surface area contributed by atoms with E-state index in [-0.39, 0.29) is 30.4 Å². The molecule has 0 unspecified atom stereocenters. The van der Waals surface area contributed by atoms with Gasteiger partial charge in [0.05, 0.1) is 6.04 Å². The van der Waals surface area contributed by atoms with Crippen molar-refractivity contribution in [1.82, 2.24) is 9.80 Å². The van der Waals surface area contributed by atoms with E-state index in [0.29, 0.717) is 31.1 Å². The molecule has 0 saturated heterocycles. The predicted octanol–water partition coefficient (Wildman–Crippen LogP) is 6.46. The zero-order chi connectivity index (χ0) is 26.5. The Morgan fingerprint density at radius 1 is 1.08 bits per heavy atom. The molecule has 196 valence electrons. The molecule has 0 aliphatic carbocycles. The van der Waals surface area contributed by atoms with Gasteiger partial charge in [0.15, 0.2) is 0 Å². The van der Waals surface area contributed by atoms with Crippen LogP contribution in [0, 0.1) is 5.82 Å². The monoisotopic (exact) mass is 522 g/mol. The summed E-state index contributed by atoms with van der Waals surface area (Å²) in [7, 11) is 0. The van der Waals surface area contributed by atoms with Gasteiger partial charge < -0.3 is 14.5 Å². The van der Waals surface area contributed by atoms with Gasteiger partial charge >= 0.3 is 0 Å². The smallest absolute Gasteiger partial charge is 0.254 e. The number of thiophene rings is 1. The highest BCUT2D eigenvalue weighted by Gasteiger charge is 2.34. The standard InChI is InChI=1S/C30H35FN2O3S/c1-5-21(4)33(30(35)23-6-10-24(31)11-7-23)18-29(34)32-16-14-28-26(15-17-37-28)27(32)19-36-25-12-8-22(9-13-25)20(2)3/h6-13,15,17,20-21,27H,5,14,16,18-19H2,1-4H3/t21-,27-/m1/s1. The van der Waals surface area contributed by atoms with Crippen molar-refractivity contribution < 1.29 is 18.7 Å². The first-order chi connectivity index (χ1) is 17.8. The number of carbonyl (C=O) groups excluding carboxylic acids is 2. The highest BCUT2D eigenvalue weighted by Crippen LogP contribution is 2.34. The number of benzene rings is 2. The lowest BCUT2D eigenvalue weighted by Crippen LogP contribution is -2.49. The van der Waals surface area contributed by atoms with Gasteiger partial charge in [0.1, 0.15) is 24.7 Å². The van der Waals surface area contributed by atoms with Gasteiger partial charge in [-0.3, -0.25) is 9.59 Å². The zero-order valence-electron chi connectivity index (χ0n) is 21.9. The first-order valence-corrected chi connectivity index (χ1v) is 13.8. The van der Waals surface area contributed by atoms with Crippen LogP contribution >= 0.6 is 11.3 Å². The molecule has 0 bridgehead atoms. The molecular weight excluding hydrogens is 487 g/mol. The van der Waals surface area contributed by atoms with Gasteiger partial charge in [-0.25, -0.2) is 4.39 Å². The van der Waals surface area contributed by atoms with E-state index < -0.39 is 5.82 Å². The largest absolute Gasteiger partial charge is 0.491 e.